The van der Waals surface area contributed by atoms with E-state index in [1.165, 1.54) is 23.3 Å². The number of morpholine rings is 1. The van der Waals surface area contributed by atoms with Crippen LogP contribution in [0.3, 0.4) is 0 Å². The summed E-state index contributed by atoms with van der Waals surface area (Å²) in [5.74, 6) is 0.619. The second kappa shape index (κ2) is 11.6. The lowest BCUT2D eigenvalue weighted by Crippen LogP contribution is -2.50. The normalized spacial score (nSPS) is 19.5. The standard InChI is InChI=1S/C23H31FN4O.HI/c1-17-14-28(16-22(29-17)20-8-10-21(24)11-9-20)23(25-2)26-13-18-6-5-7-19(12-18)15-27(3)4;/h5-12,17,22H,13-16H2,1-4H3,(H,25,26);1H. The van der Waals surface area contributed by atoms with Crippen LogP contribution in [0.2, 0.25) is 0 Å². The smallest absolute Gasteiger partial charge is 0.194 e. The lowest BCUT2D eigenvalue weighted by molar-refractivity contribution is -0.0605. The third kappa shape index (κ3) is 6.92. The molecule has 1 fully saturated rings. The van der Waals surface area contributed by atoms with Gasteiger partial charge in [-0.2, -0.15) is 0 Å². The summed E-state index contributed by atoms with van der Waals surface area (Å²) in [5.41, 5.74) is 3.50. The molecule has 0 bridgehead atoms. The van der Waals surface area contributed by atoms with E-state index in [2.05, 4.69) is 65.4 Å². The van der Waals surface area contributed by atoms with E-state index in [4.69, 9.17) is 4.74 Å². The molecule has 30 heavy (non-hydrogen) atoms. The molecule has 1 N–H and O–H groups in total. The molecule has 2 atom stereocenters. The maximum absolute atomic E-state index is 13.3. The van der Waals surface area contributed by atoms with Gasteiger partial charge in [0.2, 0.25) is 0 Å². The maximum Gasteiger partial charge on any atom is 0.194 e. The van der Waals surface area contributed by atoms with Crippen LogP contribution in [0.1, 0.15) is 29.7 Å². The molecule has 3 rings (SSSR count). The van der Waals surface area contributed by atoms with Crippen molar-refractivity contribution < 1.29 is 9.13 Å². The van der Waals surface area contributed by atoms with Crippen molar-refractivity contribution in [1.82, 2.24) is 15.1 Å². The maximum atomic E-state index is 13.3. The van der Waals surface area contributed by atoms with Gasteiger partial charge >= 0.3 is 0 Å². The van der Waals surface area contributed by atoms with Crippen LogP contribution in [0.25, 0.3) is 0 Å². The summed E-state index contributed by atoms with van der Waals surface area (Å²) >= 11 is 0. The zero-order chi connectivity index (χ0) is 20.8. The fourth-order valence-corrected chi connectivity index (χ4v) is 3.70. The van der Waals surface area contributed by atoms with Gasteiger partial charge in [-0.15, -0.1) is 24.0 Å². The lowest BCUT2D eigenvalue weighted by Gasteiger charge is -2.38. The summed E-state index contributed by atoms with van der Waals surface area (Å²) in [4.78, 5) is 8.86. The van der Waals surface area contributed by atoms with E-state index < -0.39 is 0 Å². The van der Waals surface area contributed by atoms with Crippen molar-refractivity contribution >= 4 is 29.9 Å². The number of hydrogen-bond donors (Lipinski definition) is 1. The number of halogens is 2. The van der Waals surface area contributed by atoms with Crippen molar-refractivity contribution in [2.75, 3.05) is 34.2 Å². The Bertz CT molecular complexity index is 828. The second-order valence-corrected chi connectivity index (χ2v) is 7.85. The molecule has 1 saturated heterocycles. The fourth-order valence-electron chi connectivity index (χ4n) is 3.70. The van der Waals surface area contributed by atoms with Gasteiger partial charge in [-0.3, -0.25) is 4.99 Å². The van der Waals surface area contributed by atoms with E-state index in [-0.39, 0.29) is 42.0 Å². The molecule has 7 heteroatoms. The Balaban J connectivity index is 0.00000320. The minimum absolute atomic E-state index is 0. The average Bonchev–Trinajstić information content (AvgIpc) is 2.68. The Labute approximate surface area is 196 Å². The van der Waals surface area contributed by atoms with Gasteiger partial charge in [0.1, 0.15) is 11.9 Å². The predicted octanol–water partition coefficient (Wildman–Crippen LogP) is 4.04. The predicted molar refractivity (Wildman–Crippen MR) is 131 cm³/mol. The zero-order valence-corrected chi connectivity index (χ0v) is 20.5. The van der Waals surface area contributed by atoms with E-state index in [1.807, 2.05) is 0 Å². The Morgan fingerprint density at radius 3 is 2.53 bits per heavy atom. The number of nitrogens with one attached hydrogen (secondary N) is 1. The van der Waals surface area contributed by atoms with Crippen molar-refractivity contribution in [2.45, 2.75) is 32.2 Å². The molecule has 1 aliphatic heterocycles. The van der Waals surface area contributed by atoms with Crippen LogP contribution in [-0.2, 0) is 17.8 Å². The summed E-state index contributed by atoms with van der Waals surface area (Å²) in [5, 5.41) is 3.48. The van der Waals surface area contributed by atoms with Crippen LogP contribution in [0.4, 0.5) is 4.39 Å². The molecule has 1 heterocycles. The number of aliphatic imine (C=N–C) groups is 1. The van der Waals surface area contributed by atoms with Crippen molar-refractivity contribution in [2.24, 2.45) is 4.99 Å². The summed E-state index contributed by atoms with van der Waals surface area (Å²) in [6.45, 7) is 5.12. The highest BCUT2D eigenvalue weighted by Gasteiger charge is 2.28. The molecule has 2 aromatic rings. The summed E-state index contributed by atoms with van der Waals surface area (Å²) in [6, 6.07) is 15.2. The van der Waals surface area contributed by atoms with Crippen LogP contribution in [-0.4, -0.2) is 56.1 Å². The Hall–Kier alpha value is -1.71. The van der Waals surface area contributed by atoms with Crippen molar-refractivity contribution in [3.05, 3.63) is 71.0 Å². The largest absolute Gasteiger partial charge is 0.367 e. The third-order valence-electron chi connectivity index (χ3n) is 4.95. The molecule has 0 amide bonds. The van der Waals surface area contributed by atoms with Crippen molar-refractivity contribution in [3.63, 3.8) is 0 Å². The Kier molecular flexibility index (Phi) is 9.51. The van der Waals surface area contributed by atoms with Crippen molar-refractivity contribution in [3.8, 4) is 0 Å². The monoisotopic (exact) mass is 526 g/mol. The molecule has 2 unspecified atom stereocenters. The van der Waals surface area contributed by atoms with Crippen LogP contribution in [0.15, 0.2) is 53.5 Å². The zero-order valence-electron chi connectivity index (χ0n) is 18.1. The van der Waals surface area contributed by atoms with E-state index in [1.54, 1.807) is 19.2 Å². The molecule has 164 valence electrons. The van der Waals surface area contributed by atoms with Gasteiger partial charge in [-0.1, -0.05) is 36.4 Å². The van der Waals surface area contributed by atoms with Crippen molar-refractivity contribution in [1.29, 1.82) is 0 Å². The third-order valence-corrected chi connectivity index (χ3v) is 4.95. The molecule has 0 saturated carbocycles. The highest BCUT2D eigenvalue weighted by atomic mass is 127. The lowest BCUT2D eigenvalue weighted by atomic mass is 10.1. The van der Waals surface area contributed by atoms with E-state index in [0.29, 0.717) is 13.1 Å². The van der Waals surface area contributed by atoms with Gasteiger partial charge in [-0.25, -0.2) is 4.39 Å². The van der Waals surface area contributed by atoms with E-state index >= 15 is 0 Å². The molecule has 1 aliphatic rings. The number of nitrogens with zero attached hydrogens (tertiary/aromatic N) is 3. The Morgan fingerprint density at radius 2 is 1.87 bits per heavy atom. The van der Waals surface area contributed by atoms with Crippen LogP contribution < -0.4 is 5.32 Å². The highest BCUT2D eigenvalue weighted by Crippen LogP contribution is 2.25. The quantitative estimate of drug-likeness (QED) is 0.363. The number of guanidine groups is 1. The van der Waals surface area contributed by atoms with Gasteiger partial charge in [-0.05, 0) is 49.8 Å². The first-order valence-corrected chi connectivity index (χ1v) is 10.0. The number of ether oxygens (including phenoxy) is 1. The van der Waals surface area contributed by atoms with E-state index in [0.717, 1.165) is 24.6 Å². The highest BCUT2D eigenvalue weighted by molar-refractivity contribution is 14.0. The average molecular weight is 526 g/mol. The first-order valence-electron chi connectivity index (χ1n) is 10.0. The fraction of sp³-hybridized carbons (Fsp3) is 0.435. The minimum Gasteiger partial charge on any atom is -0.367 e. The minimum atomic E-state index is -0.233. The number of benzene rings is 2. The van der Waals surface area contributed by atoms with Crippen LogP contribution in [0, 0.1) is 5.82 Å². The molecule has 5 nitrogen and oxygen atoms in total. The summed E-state index contributed by atoms with van der Waals surface area (Å²) in [7, 11) is 5.95. The molecule has 2 aromatic carbocycles. The molecule has 0 radical (unpaired) electrons. The van der Waals surface area contributed by atoms with Gasteiger partial charge in [0.15, 0.2) is 5.96 Å². The second-order valence-electron chi connectivity index (χ2n) is 7.85. The molecular formula is C23H32FIN4O. The van der Waals surface area contributed by atoms with Crippen LogP contribution in [0.5, 0.6) is 0 Å². The summed E-state index contributed by atoms with van der Waals surface area (Å²) in [6.07, 6.45) is -0.0536. The topological polar surface area (TPSA) is 40.1 Å². The summed E-state index contributed by atoms with van der Waals surface area (Å²) < 4.78 is 19.4. The molecule has 0 spiro atoms. The molecule has 0 aromatic heterocycles. The van der Waals surface area contributed by atoms with Gasteiger partial charge in [0.25, 0.3) is 0 Å². The first kappa shape index (κ1) is 24.6. The molecular weight excluding hydrogens is 494 g/mol. The number of rotatable bonds is 5. The van der Waals surface area contributed by atoms with Gasteiger partial charge in [0, 0.05) is 26.7 Å². The van der Waals surface area contributed by atoms with Crippen LogP contribution >= 0.6 is 24.0 Å². The van der Waals surface area contributed by atoms with Gasteiger partial charge < -0.3 is 19.9 Å². The SMILES string of the molecule is CN=C(NCc1cccc(CN(C)C)c1)N1CC(C)OC(c2ccc(F)cc2)C1.I. The first-order chi connectivity index (χ1) is 13.9. The van der Waals surface area contributed by atoms with E-state index in [9.17, 15) is 4.39 Å². The van der Waals surface area contributed by atoms with Gasteiger partial charge in [0.05, 0.1) is 12.6 Å². The Morgan fingerprint density at radius 1 is 1.17 bits per heavy atom. The number of hydrogen-bond acceptors (Lipinski definition) is 3. The molecule has 0 aliphatic carbocycles.